The molecule has 1 aromatic heterocycles. The average Bonchev–Trinajstić information content (AvgIpc) is 3.26. The van der Waals surface area contributed by atoms with Crippen molar-refractivity contribution in [3.05, 3.63) is 23.6 Å². The molecule has 21 heavy (non-hydrogen) atoms. The van der Waals surface area contributed by atoms with Gasteiger partial charge in [-0.1, -0.05) is 13.8 Å². The Hall–Kier alpha value is -1.16. The number of nitrogens with one attached hydrogen (secondary N) is 1. The van der Waals surface area contributed by atoms with E-state index in [9.17, 15) is 4.39 Å². The van der Waals surface area contributed by atoms with Gasteiger partial charge in [0.2, 0.25) is 0 Å². The molecule has 116 valence electrons. The molecule has 0 aliphatic heterocycles. The zero-order chi connectivity index (χ0) is 14.9. The van der Waals surface area contributed by atoms with E-state index in [4.69, 9.17) is 4.74 Å². The van der Waals surface area contributed by atoms with Crippen LogP contribution in [0.1, 0.15) is 57.9 Å². The SMILES string of the molecule is CC1(C)CCC(Oc2nccc(CNC3CC3)c2F)CC1. The van der Waals surface area contributed by atoms with Crippen molar-refractivity contribution < 1.29 is 9.13 Å². The van der Waals surface area contributed by atoms with Crippen LogP contribution in [0.25, 0.3) is 0 Å². The van der Waals surface area contributed by atoms with E-state index in [1.807, 2.05) is 0 Å². The monoisotopic (exact) mass is 292 g/mol. The Balaban J connectivity index is 1.60. The van der Waals surface area contributed by atoms with Crippen LogP contribution in [0.2, 0.25) is 0 Å². The highest BCUT2D eigenvalue weighted by Gasteiger charge is 2.29. The molecular formula is C17H25FN2O. The van der Waals surface area contributed by atoms with Gasteiger partial charge in [0.15, 0.2) is 5.82 Å². The lowest BCUT2D eigenvalue weighted by Gasteiger charge is -2.34. The van der Waals surface area contributed by atoms with E-state index in [2.05, 4.69) is 24.1 Å². The first-order valence-electron chi connectivity index (χ1n) is 8.07. The molecule has 0 radical (unpaired) electrons. The molecule has 0 amide bonds. The zero-order valence-electron chi connectivity index (χ0n) is 13.0. The van der Waals surface area contributed by atoms with Crippen LogP contribution in [0.4, 0.5) is 4.39 Å². The predicted molar refractivity (Wildman–Crippen MR) is 80.7 cm³/mol. The van der Waals surface area contributed by atoms with Crippen molar-refractivity contribution in [3.63, 3.8) is 0 Å². The van der Waals surface area contributed by atoms with E-state index >= 15 is 0 Å². The van der Waals surface area contributed by atoms with Crippen LogP contribution in [0.5, 0.6) is 5.88 Å². The van der Waals surface area contributed by atoms with Gasteiger partial charge in [0.25, 0.3) is 5.88 Å². The van der Waals surface area contributed by atoms with Gasteiger partial charge in [-0.2, -0.15) is 0 Å². The topological polar surface area (TPSA) is 34.1 Å². The van der Waals surface area contributed by atoms with E-state index < -0.39 is 0 Å². The second-order valence-electron chi connectivity index (χ2n) is 7.23. The number of hydrogen-bond donors (Lipinski definition) is 1. The van der Waals surface area contributed by atoms with E-state index in [-0.39, 0.29) is 17.8 Å². The molecule has 0 unspecified atom stereocenters. The first-order valence-corrected chi connectivity index (χ1v) is 8.07. The second-order valence-corrected chi connectivity index (χ2v) is 7.23. The molecule has 0 saturated heterocycles. The van der Waals surface area contributed by atoms with E-state index in [1.165, 1.54) is 12.8 Å². The van der Waals surface area contributed by atoms with E-state index in [1.54, 1.807) is 12.3 Å². The maximum absolute atomic E-state index is 14.4. The van der Waals surface area contributed by atoms with Crippen LogP contribution in [-0.4, -0.2) is 17.1 Å². The Morgan fingerprint density at radius 1 is 1.29 bits per heavy atom. The van der Waals surface area contributed by atoms with Crippen LogP contribution in [0, 0.1) is 11.2 Å². The van der Waals surface area contributed by atoms with Crippen LogP contribution >= 0.6 is 0 Å². The molecule has 4 heteroatoms. The summed E-state index contributed by atoms with van der Waals surface area (Å²) < 4.78 is 20.3. The minimum atomic E-state index is -0.296. The number of hydrogen-bond acceptors (Lipinski definition) is 3. The minimum Gasteiger partial charge on any atom is -0.472 e. The maximum Gasteiger partial charge on any atom is 0.250 e. The summed E-state index contributed by atoms with van der Waals surface area (Å²) in [6.07, 6.45) is 8.38. The third-order valence-electron chi connectivity index (χ3n) is 4.66. The fraction of sp³-hybridized carbons (Fsp3) is 0.706. The van der Waals surface area contributed by atoms with Gasteiger partial charge in [-0.25, -0.2) is 9.37 Å². The number of ether oxygens (including phenoxy) is 1. The molecule has 3 rings (SSSR count). The molecule has 2 aliphatic rings. The molecule has 1 N–H and O–H groups in total. The van der Waals surface area contributed by atoms with Gasteiger partial charge < -0.3 is 10.1 Å². The Kier molecular flexibility index (Phi) is 4.16. The first-order chi connectivity index (χ1) is 10.0. The van der Waals surface area contributed by atoms with E-state index in [0.717, 1.165) is 25.7 Å². The standard InChI is InChI=1S/C17H25FN2O/c1-17(2)8-5-14(6-9-17)21-16-15(18)12(7-10-19-16)11-20-13-3-4-13/h7,10,13-14,20H,3-6,8-9,11H2,1-2H3. The highest BCUT2D eigenvalue weighted by Crippen LogP contribution is 2.36. The van der Waals surface area contributed by atoms with Crippen molar-refractivity contribution in [1.82, 2.24) is 10.3 Å². The van der Waals surface area contributed by atoms with Crippen LogP contribution < -0.4 is 10.1 Å². The summed E-state index contributed by atoms with van der Waals surface area (Å²) in [5.41, 5.74) is 1.05. The van der Waals surface area contributed by atoms with Crippen LogP contribution in [0.15, 0.2) is 12.3 Å². The molecule has 2 fully saturated rings. The number of aromatic nitrogens is 1. The molecule has 0 bridgehead atoms. The summed E-state index contributed by atoms with van der Waals surface area (Å²) in [4.78, 5) is 4.09. The fourth-order valence-electron chi connectivity index (χ4n) is 2.87. The van der Waals surface area contributed by atoms with Crippen molar-refractivity contribution in [2.24, 2.45) is 5.41 Å². The molecule has 0 aromatic carbocycles. The Bertz CT molecular complexity index is 490. The smallest absolute Gasteiger partial charge is 0.250 e. The quantitative estimate of drug-likeness (QED) is 0.896. The Morgan fingerprint density at radius 2 is 2.00 bits per heavy atom. The third-order valence-corrected chi connectivity index (χ3v) is 4.66. The predicted octanol–water partition coefficient (Wildman–Crippen LogP) is 3.82. The first kappa shape index (κ1) is 14.8. The van der Waals surface area contributed by atoms with Gasteiger partial charge in [0, 0.05) is 24.3 Å². The fourth-order valence-corrected chi connectivity index (χ4v) is 2.87. The lowest BCUT2D eigenvalue weighted by Crippen LogP contribution is -2.29. The van der Waals surface area contributed by atoms with Gasteiger partial charge in [0.05, 0.1) is 0 Å². The zero-order valence-corrected chi connectivity index (χ0v) is 13.0. The van der Waals surface area contributed by atoms with Crippen LogP contribution in [-0.2, 0) is 6.54 Å². The second kappa shape index (κ2) is 5.91. The largest absolute Gasteiger partial charge is 0.472 e. The molecule has 2 aliphatic carbocycles. The van der Waals surface area contributed by atoms with Gasteiger partial charge in [0.1, 0.15) is 6.10 Å². The lowest BCUT2D eigenvalue weighted by molar-refractivity contribution is 0.0908. The molecule has 0 atom stereocenters. The van der Waals surface area contributed by atoms with Gasteiger partial charge in [-0.3, -0.25) is 0 Å². The number of halogens is 1. The average molecular weight is 292 g/mol. The molecule has 1 heterocycles. The lowest BCUT2D eigenvalue weighted by atomic mass is 9.76. The summed E-state index contributed by atoms with van der Waals surface area (Å²) in [5.74, 6) is -0.120. The van der Waals surface area contributed by atoms with Gasteiger partial charge in [-0.05, 0) is 50.0 Å². The van der Waals surface area contributed by atoms with Crippen LogP contribution in [0.3, 0.4) is 0 Å². The van der Waals surface area contributed by atoms with Crippen molar-refractivity contribution in [2.45, 2.75) is 71.1 Å². The maximum atomic E-state index is 14.4. The third kappa shape index (κ3) is 3.94. The van der Waals surface area contributed by atoms with Crippen molar-refractivity contribution in [1.29, 1.82) is 0 Å². The highest BCUT2D eigenvalue weighted by atomic mass is 19.1. The Labute approximate surface area is 126 Å². The number of nitrogens with zero attached hydrogens (tertiary/aromatic N) is 1. The highest BCUT2D eigenvalue weighted by molar-refractivity contribution is 5.24. The molecule has 2 saturated carbocycles. The summed E-state index contributed by atoms with van der Waals surface area (Å²) in [6, 6.07) is 2.31. The summed E-state index contributed by atoms with van der Waals surface area (Å²) in [7, 11) is 0. The normalized spacial score (nSPS) is 22.2. The molecular weight excluding hydrogens is 267 g/mol. The van der Waals surface area contributed by atoms with Gasteiger partial charge in [-0.15, -0.1) is 0 Å². The summed E-state index contributed by atoms with van der Waals surface area (Å²) in [6.45, 7) is 5.13. The number of rotatable bonds is 5. The van der Waals surface area contributed by atoms with Gasteiger partial charge >= 0.3 is 0 Å². The van der Waals surface area contributed by atoms with Crippen molar-refractivity contribution in [2.75, 3.05) is 0 Å². The van der Waals surface area contributed by atoms with Crippen molar-refractivity contribution >= 4 is 0 Å². The van der Waals surface area contributed by atoms with Crippen molar-refractivity contribution in [3.8, 4) is 5.88 Å². The Morgan fingerprint density at radius 3 is 2.67 bits per heavy atom. The summed E-state index contributed by atoms with van der Waals surface area (Å²) in [5, 5.41) is 3.33. The molecule has 0 spiro atoms. The molecule has 3 nitrogen and oxygen atoms in total. The van der Waals surface area contributed by atoms with E-state index in [0.29, 0.717) is 23.6 Å². The summed E-state index contributed by atoms with van der Waals surface area (Å²) >= 11 is 0. The minimum absolute atomic E-state index is 0.103. The number of pyridine rings is 1. The molecule has 1 aromatic rings.